The predicted molar refractivity (Wildman–Crippen MR) is 116 cm³/mol. The fourth-order valence-electron chi connectivity index (χ4n) is 3.17. The van der Waals surface area contributed by atoms with Gasteiger partial charge in [-0.05, 0) is 18.2 Å². The van der Waals surface area contributed by atoms with Gasteiger partial charge in [0.05, 0.1) is 20.9 Å². The molecule has 0 aliphatic carbocycles. The number of nitrogens with zero attached hydrogens (tertiary/aromatic N) is 2. The van der Waals surface area contributed by atoms with Gasteiger partial charge in [0, 0.05) is 40.9 Å². The van der Waals surface area contributed by atoms with Gasteiger partial charge in [-0.3, -0.25) is 4.79 Å². The SMILES string of the molecule is O=C(CCc1nc2ccccc2s1)Nc1nc(-c2c[nH]c3ccccc23)cs1. The maximum atomic E-state index is 12.3. The third-order valence-electron chi connectivity index (χ3n) is 4.52. The average Bonchev–Trinajstić information content (AvgIpc) is 3.43. The molecule has 1 amide bonds. The summed E-state index contributed by atoms with van der Waals surface area (Å²) in [4.78, 5) is 24.8. The van der Waals surface area contributed by atoms with E-state index in [1.165, 1.54) is 11.3 Å². The molecule has 0 unspecified atom stereocenters. The summed E-state index contributed by atoms with van der Waals surface area (Å²) in [6, 6.07) is 16.1. The van der Waals surface area contributed by atoms with Crippen LogP contribution in [0.25, 0.3) is 32.4 Å². The fourth-order valence-corrected chi connectivity index (χ4v) is 4.86. The first-order chi connectivity index (χ1) is 13.8. The van der Waals surface area contributed by atoms with Crippen LogP contribution in [0.4, 0.5) is 5.13 Å². The maximum Gasteiger partial charge on any atom is 0.226 e. The number of rotatable bonds is 5. The summed E-state index contributed by atoms with van der Waals surface area (Å²) in [7, 11) is 0. The third kappa shape index (κ3) is 3.30. The molecule has 0 aliphatic rings. The first kappa shape index (κ1) is 17.1. The Hall–Kier alpha value is -3.03. The molecule has 3 heterocycles. The minimum Gasteiger partial charge on any atom is -0.360 e. The number of carbonyl (C=O) groups is 1. The van der Waals surface area contributed by atoms with E-state index in [0.717, 1.165) is 37.4 Å². The van der Waals surface area contributed by atoms with Crippen LogP contribution in [0.15, 0.2) is 60.1 Å². The summed E-state index contributed by atoms with van der Waals surface area (Å²) in [5, 5.41) is 7.61. The Balaban J connectivity index is 1.25. The molecule has 0 spiro atoms. The Kier molecular flexibility index (Phi) is 4.38. The van der Waals surface area contributed by atoms with E-state index < -0.39 is 0 Å². The zero-order chi connectivity index (χ0) is 18.9. The van der Waals surface area contributed by atoms with E-state index in [1.807, 2.05) is 48.0 Å². The number of amides is 1. The van der Waals surface area contributed by atoms with Gasteiger partial charge in [-0.2, -0.15) is 0 Å². The van der Waals surface area contributed by atoms with Gasteiger partial charge in [-0.25, -0.2) is 9.97 Å². The standard InChI is InChI=1S/C21H16N4OS2/c26-19(9-10-20-23-16-7-3-4-8-18(16)28-20)25-21-24-17(12-27-21)14-11-22-15-6-2-1-5-13(14)15/h1-8,11-12,22H,9-10H2,(H,24,25,26). The number of aromatic nitrogens is 3. The lowest BCUT2D eigenvalue weighted by atomic mass is 10.1. The second-order valence-electron chi connectivity index (χ2n) is 6.41. The number of carbonyl (C=O) groups excluding carboxylic acids is 1. The zero-order valence-corrected chi connectivity index (χ0v) is 16.4. The molecule has 3 aromatic heterocycles. The molecule has 0 radical (unpaired) electrons. The molecule has 138 valence electrons. The van der Waals surface area contributed by atoms with Crippen LogP contribution in [0.1, 0.15) is 11.4 Å². The van der Waals surface area contributed by atoms with Crippen LogP contribution >= 0.6 is 22.7 Å². The van der Waals surface area contributed by atoms with Crippen LogP contribution < -0.4 is 5.32 Å². The molecule has 0 saturated heterocycles. The first-order valence-electron chi connectivity index (χ1n) is 8.92. The summed E-state index contributed by atoms with van der Waals surface area (Å²) in [6.45, 7) is 0. The molecule has 0 aliphatic heterocycles. The zero-order valence-electron chi connectivity index (χ0n) is 14.8. The monoisotopic (exact) mass is 404 g/mol. The van der Waals surface area contributed by atoms with Crippen LogP contribution in [-0.4, -0.2) is 20.9 Å². The Labute approximate surface area is 169 Å². The van der Waals surface area contributed by atoms with E-state index in [2.05, 4.69) is 32.4 Å². The Bertz CT molecular complexity index is 1250. The van der Waals surface area contributed by atoms with E-state index >= 15 is 0 Å². The minimum absolute atomic E-state index is 0.0425. The first-order valence-corrected chi connectivity index (χ1v) is 10.6. The second kappa shape index (κ2) is 7.18. The maximum absolute atomic E-state index is 12.3. The number of thiazole rings is 2. The van der Waals surface area contributed by atoms with E-state index in [9.17, 15) is 4.79 Å². The van der Waals surface area contributed by atoms with Gasteiger partial charge in [-0.1, -0.05) is 30.3 Å². The molecule has 28 heavy (non-hydrogen) atoms. The minimum atomic E-state index is -0.0425. The molecule has 0 fully saturated rings. The van der Waals surface area contributed by atoms with Crippen LogP contribution in [0.5, 0.6) is 0 Å². The third-order valence-corrected chi connectivity index (χ3v) is 6.37. The number of nitrogens with one attached hydrogen (secondary N) is 2. The Morgan fingerprint density at radius 3 is 2.86 bits per heavy atom. The van der Waals surface area contributed by atoms with Gasteiger partial charge in [-0.15, -0.1) is 22.7 Å². The number of benzene rings is 2. The van der Waals surface area contributed by atoms with Gasteiger partial charge < -0.3 is 10.3 Å². The van der Waals surface area contributed by atoms with Gasteiger partial charge in [0.15, 0.2) is 5.13 Å². The van der Waals surface area contributed by atoms with Crippen LogP contribution in [0.2, 0.25) is 0 Å². The summed E-state index contributed by atoms with van der Waals surface area (Å²) in [5.41, 5.74) is 3.98. The molecule has 5 aromatic rings. The lowest BCUT2D eigenvalue weighted by Crippen LogP contribution is -2.12. The van der Waals surface area contributed by atoms with Crippen molar-refractivity contribution < 1.29 is 4.79 Å². The van der Waals surface area contributed by atoms with E-state index in [0.29, 0.717) is 18.0 Å². The molecule has 5 rings (SSSR count). The molecule has 0 bridgehead atoms. The molecule has 5 nitrogen and oxygen atoms in total. The van der Waals surface area contributed by atoms with Crippen molar-refractivity contribution in [2.45, 2.75) is 12.8 Å². The number of fused-ring (bicyclic) bond motifs is 2. The molecule has 2 aromatic carbocycles. The second-order valence-corrected chi connectivity index (χ2v) is 8.38. The van der Waals surface area contributed by atoms with Crippen molar-refractivity contribution in [3.05, 3.63) is 65.1 Å². The van der Waals surface area contributed by atoms with E-state index in [4.69, 9.17) is 0 Å². The van der Waals surface area contributed by atoms with Crippen LogP contribution in [0, 0.1) is 0 Å². The summed E-state index contributed by atoms with van der Waals surface area (Å²) in [5.74, 6) is -0.0425. The number of para-hydroxylation sites is 2. The average molecular weight is 405 g/mol. The number of hydrogen-bond acceptors (Lipinski definition) is 5. The quantitative estimate of drug-likeness (QED) is 0.408. The number of anilines is 1. The smallest absolute Gasteiger partial charge is 0.226 e. The highest BCUT2D eigenvalue weighted by Gasteiger charge is 2.12. The predicted octanol–water partition coefficient (Wildman–Crippen LogP) is 5.47. The molecule has 0 saturated carbocycles. The van der Waals surface area contributed by atoms with E-state index in [1.54, 1.807) is 11.3 Å². The number of hydrogen-bond donors (Lipinski definition) is 2. The highest BCUT2D eigenvalue weighted by Crippen LogP contribution is 2.31. The number of aromatic amines is 1. The summed E-state index contributed by atoms with van der Waals surface area (Å²) < 4.78 is 1.15. The lowest BCUT2D eigenvalue weighted by Gasteiger charge is -2.00. The van der Waals surface area contributed by atoms with Crippen LogP contribution in [-0.2, 0) is 11.2 Å². The Morgan fingerprint density at radius 1 is 1.07 bits per heavy atom. The van der Waals surface area contributed by atoms with Crippen molar-refractivity contribution in [1.82, 2.24) is 15.0 Å². The van der Waals surface area contributed by atoms with Crippen molar-refractivity contribution in [1.29, 1.82) is 0 Å². The van der Waals surface area contributed by atoms with Gasteiger partial charge in [0.1, 0.15) is 0 Å². The van der Waals surface area contributed by atoms with Crippen molar-refractivity contribution in [3.63, 3.8) is 0 Å². The van der Waals surface area contributed by atoms with Crippen molar-refractivity contribution in [2.24, 2.45) is 0 Å². The topological polar surface area (TPSA) is 70.7 Å². The highest BCUT2D eigenvalue weighted by atomic mass is 32.1. The highest BCUT2D eigenvalue weighted by molar-refractivity contribution is 7.18. The van der Waals surface area contributed by atoms with Gasteiger partial charge >= 0.3 is 0 Å². The van der Waals surface area contributed by atoms with Crippen LogP contribution in [0.3, 0.4) is 0 Å². The number of H-pyrrole nitrogens is 1. The largest absolute Gasteiger partial charge is 0.360 e. The fraction of sp³-hybridized carbons (Fsp3) is 0.0952. The lowest BCUT2D eigenvalue weighted by molar-refractivity contribution is -0.116. The summed E-state index contributed by atoms with van der Waals surface area (Å²) in [6.07, 6.45) is 2.98. The van der Waals surface area contributed by atoms with Gasteiger partial charge in [0.25, 0.3) is 0 Å². The molecule has 7 heteroatoms. The van der Waals surface area contributed by atoms with Crippen molar-refractivity contribution in [3.8, 4) is 11.3 Å². The molecule has 0 atom stereocenters. The van der Waals surface area contributed by atoms with E-state index in [-0.39, 0.29) is 5.91 Å². The normalized spacial score (nSPS) is 11.3. The summed E-state index contributed by atoms with van der Waals surface area (Å²) >= 11 is 3.08. The molecular weight excluding hydrogens is 388 g/mol. The van der Waals surface area contributed by atoms with Gasteiger partial charge in [0.2, 0.25) is 5.91 Å². The Morgan fingerprint density at radius 2 is 1.93 bits per heavy atom. The molecule has 2 N–H and O–H groups in total. The molecular formula is C21H16N4OS2. The van der Waals surface area contributed by atoms with Crippen molar-refractivity contribution >= 4 is 54.8 Å². The number of aryl methyl sites for hydroxylation is 1. The van der Waals surface area contributed by atoms with Crippen molar-refractivity contribution in [2.75, 3.05) is 5.32 Å².